The number of fused-ring (bicyclic) bond motifs is 1. The minimum Gasteiger partial charge on any atom is -0.408 e. The van der Waals surface area contributed by atoms with Gasteiger partial charge in [-0.05, 0) is 50.2 Å². The maximum absolute atomic E-state index is 11.4. The average Bonchev–Trinajstić information content (AvgIpc) is 2.70. The SMILES string of the molecule is CCN(CC)CCCc1ccc2c(c1)oc(=O)n2C. The molecule has 0 aliphatic rings. The average molecular weight is 262 g/mol. The fourth-order valence-corrected chi connectivity index (χ4v) is 2.38. The van der Waals surface area contributed by atoms with E-state index in [2.05, 4.69) is 24.8 Å². The van der Waals surface area contributed by atoms with E-state index in [1.54, 1.807) is 7.05 Å². The Labute approximate surface area is 113 Å². The lowest BCUT2D eigenvalue weighted by Gasteiger charge is -2.17. The highest BCUT2D eigenvalue weighted by atomic mass is 16.4. The minimum absolute atomic E-state index is 0.296. The van der Waals surface area contributed by atoms with Gasteiger partial charge in [-0.2, -0.15) is 0 Å². The van der Waals surface area contributed by atoms with E-state index in [9.17, 15) is 4.79 Å². The molecule has 0 fully saturated rings. The van der Waals surface area contributed by atoms with Gasteiger partial charge in [-0.15, -0.1) is 0 Å². The monoisotopic (exact) mass is 262 g/mol. The molecule has 0 aliphatic carbocycles. The molecule has 4 heteroatoms. The summed E-state index contributed by atoms with van der Waals surface area (Å²) in [5, 5.41) is 0. The van der Waals surface area contributed by atoms with Crippen LogP contribution in [-0.4, -0.2) is 29.1 Å². The normalized spacial score (nSPS) is 11.6. The molecule has 2 rings (SSSR count). The molecule has 4 nitrogen and oxygen atoms in total. The zero-order chi connectivity index (χ0) is 13.8. The third-order valence-corrected chi connectivity index (χ3v) is 3.69. The lowest BCUT2D eigenvalue weighted by atomic mass is 10.1. The highest BCUT2D eigenvalue weighted by molar-refractivity contribution is 5.73. The van der Waals surface area contributed by atoms with Crippen molar-refractivity contribution in [3.8, 4) is 0 Å². The topological polar surface area (TPSA) is 38.4 Å². The van der Waals surface area contributed by atoms with Crippen molar-refractivity contribution < 1.29 is 4.42 Å². The molecule has 104 valence electrons. The van der Waals surface area contributed by atoms with Gasteiger partial charge in [0.15, 0.2) is 5.58 Å². The van der Waals surface area contributed by atoms with Gasteiger partial charge in [0.2, 0.25) is 0 Å². The standard InChI is InChI=1S/C15H22N2O2/c1-4-17(5-2)10-6-7-12-8-9-13-14(11-12)19-15(18)16(13)3/h8-9,11H,4-7,10H2,1-3H3. The van der Waals surface area contributed by atoms with Gasteiger partial charge in [0.1, 0.15) is 0 Å². The Balaban J connectivity index is 2.04. The van der Waals surface area contributed by atoms with E-state index in [-0.39, 0.29) is 5.76 Å². The molecule has 0 saturated carbocycles. The van der Waals surface area contributed by atoms with E-state index in [1.165, 1.54) is 10.1 Å². The Morgan fingerprint density at radius 1 is 1.26 bits per heavy atom. The first kappa shape index (κ1) is 13.9. The first-order chi connectivity index (χ1) is 9.15. The van der Waals surface area contributed by atoms with Crippen molar-refractivity contribution >= 4 is 11.1 Å². The molecule has 0 saturated heterocycles. The van der Waals surface area contributed by atoms with Gasteiger partial charge in [-0.1, -0.05) is 19.9 Å². The van der Waals surface area contributed by atoms with Crippen LogP contribution in [0, 0.1) is 0 Å². The molecule has 0 bridgehead atoms. The van der Waals surface area contributed by atoms with Crippen LogP contribution in [0.5, 0.6) is 0 Å². The van der Waals surface area contributed by atoms with Gasteiger partial charge in [0.25, 0.3) is 0 Å². The van der Waals surface area contributed by atoms with Gasteiger partial charge in [-0.3, -0.25) is 4.57 Å². The largest absolute Gasteiger partial charge is 0.419 e. The second kappa shape index (κ2) is 6.06. The number of benzene rings is 1. The molecule has 0 atom stereocenters. The van der Waals surface area contributed by atoms with E-state index in [1.807, 2.05) is 12.1 Å². The van der Waals surface area contributed by atoms with Crippen LogP contribution < -0.4 is 5.76 Å². The van der Waals surface area contributed by atoms with Gasteiger partial charge in [0.05, 0.1) is 5.52 Å². The fraction of sp³-hybridized carbons (Fsp3) is 0.533. The molecule has 0 spiro atoms. The van der Waals surface area contributed by atoms with Crippen LogP contribution in [0.25, 0.3) is 11.1 Å². The summed E-state index contributed by atoms with van der Waals surface area (Å²) >= 11 is 0. The summed E-state index contributed by atoms with van der Waals surface area (Å²) in [7, 11) is 1.73. The Kier molecular flexibility index (Phi) is 4.43. The fourth-order valence-electron chi connectivity index (χ4n) is 2.38. The summed E-state index contributed by atoms with van der Waals surface area (Å²) in [6.45, 7) is 7.69. The molecule has 1 heterocycles. The van der Waals surface area contributed by atoms with Gasteiger partial charge < -0.3 is 9.32 Å². The predicted octanol–water partition coefficient (Wildman–Crippen LogP) is 2.41. The van der Waals surface area contributed by atoms with E-state index in [4.69, 9.17) is 4.42 Å². The number of hydrogen-bond acceptors (Lipinski definition) is 3. The Hall–Kier alpha value is -1.55. The van der Waals surface area contributed by atoms with Crippen LogP contribution in [0.1, 0.15) is 25.8 Å². The molecule has 0 amide bonds. The Morgan fingerprint density at radius 2 is 2.00 bits per heavy atom. The highest BCUT2D eigenvalue weighted by Gasteiger charge is 2.06. The maximum atomic E-state index is 11.4. The van der Waals surface area contributed by atoms with Gasteiger partial charge in [-0.25, -0.2) is 4.79 Å². The summed E-state index contributed by atoms with van der Waals surface area (Å²) in [6, 6.07) is 6.03. The zero-order valence-electron chi connectivity index (χ0n) is 12.0. The molecule has 1 aromatic carbocycles. The van der Waals surface area contributed by atoms with Gasteiger partial charge in [0, 0.05) is 7.05 Å². The van der Waals surface area contributed by atoms with E-state index in [0.717, 1.165) is 38.0 Å². The van der Waals surface area contributed by atoms with Crippen molar-refractivity contribution in [2.45, 2.75) is 26.7 Å². The van der Waals surface area contributed by atoms with Crippen molar-refractivity contribution in [3.05, 3.63) is 34.3 Å². The van der Waals surface area contributed by atoms with Crippen LogP contribution in [0.4, 0.5) is 0 Å². The van der Waals surface area contributed by atoms with E-state index >= 15 is 0 Å². The maximum Gasteiger partial charge on any atom is 0.419 e. The Bertz CT molecular complexity index is 594. The molecule has 2 aromatic rings. The first-order valence-corrected chi connectivity index (χ1v) is 6.96. The first-order valence-electron chi connectivity index (χ1n) is 6.96. The van der Waals surface area contributed by atoms with Crippen LogP contribution in [0.3, 0.4) is 0 Å². The molecular formula is C15H22N2O2. The predicted molar refractivity (Wildman–Crippen MR) is 77.6 cm³/mol. The number of hydrogen-bond donors (Lipinski definition) is 0. The summed E-state index contributed by atoms with van der Waals surface area (Å²) in [6.07, 6.45) is 2.15. The van der Waals surface area contributed by atoms with Gasteiger partial charge >= 0.3 is 5.76 Å². The quantitative estimate of drug-likeness (QED) is 0.802. The van der Waals surface area contributed by atoms with Crippen molar-refractivity contribution in [1.29, 1.82) is 0 Å². The smallest absolute Gasteiger partial charge is 0.408 e. The van der Waals surface area contributed by atoms with Crippen LogP contribution >= 0.6 is 0 Å². The third-order valence-electron chi connectivity index (χ3n) is 3.69. The number of aryl methyl sites for hydroxylation is 2. The zero-order valence-corrected chi connectivity index (χ0v) is 12.0. The lowest BCUT2D eigenvalue weighted by Crippen LogP contribution is -2.24. The molecule has 19 heavy (non-hydrogen) atoms. The highest BCUT2D eigenvalue weighted by Crippen LogP contribution is 2.15. The van der Waals surface area contributed by atoms with Crippen molar-refractivity contribution in [2.24, 2.45) is 7.05 Å². The van der Waals surface area contributed by atoms with Crippen molar-refractivity contribution in [3.63, 3.8) is 0 Å². The second-order valence-corrected chi connectivity index (χ2v) is 4.86. The third kappa shape index (κ3) is 3.07. The Morgan fingerprint density at radius 3 is 2.68 bits per heavy atom. The number of rotatable bonds is 6. The number of nitrogens with zero attached hydrogens (tertiary/aromatic N) is 2. The minimum atomic E-state index is -0.296. The summed E-state index contributed by atoms with van der Waals surface area (Å²) in [4.78, 5) is 13.8. The van der Waals surface area contributed by atoms with E-state index < -0.39 is 0 Å². The van der Waals surface area contributed by atoms with Crippen LogP contribution in [-0.2, 0) is 13.5 Å². The summed E-state index contributed by atoms with van der Waals surface area (Å²) in [5.41, 5.74) is 2.78. The van der Waals surface area contributed by atoms with Crippen molar-refractivity contribution in [2.75, 3.05) is 19.6 Å². The molecule has 0 radical (unpaired) electrons. The van der Waals surface area contributed by atoms with Crippen LogP contribution in [0.15, 0.2) is 27.4 Å². The second-order valence-electron chi connectivity index (χ2n) is 4.86. The molecule has 1 aromatic heterocycles. The van der Waals surface area contributed by atoms with Crippen molar-refractivity contribution in [1.82, 2.24) is 9.47 Å². The lowest BCUT2D eigenvalue weighted by molar-refractivity contribution is 0.300. The summed E-state index contributed by atoms with van der Waals surface area (Å²) < 4.78 is 6.74. The molecular weight excluding hydrogens is 240 g/mol. The van der Waals surface area contributed by atoms with E-state index in [0.29, 0.717) is 5.58 Å². The molecule has 0 unspecified atom stereocenters. The number of oxazole rings is 1. The molecule has 0 N–H and O–H groups in total. The van der Waals surface area contributed by atoms with Crippen LogP contribution in [0.2, 0.25) is 0 Å². The molecule has 0 aliphatic heterocycles. The summed E-state index contributed by atoms with van der Waals surface area (Å²) in [5.74, 6) is -0.296. The number of aromatic nitrogens is 1.